The molecule has 1 aromatic carbocycles. The molecule has 2 unspecified atom stereocenters. The molecule has 118 valence electrons. The molecule has 1 aliphatic rings. The topological polar surface area (TPSA) is 24.5 Å². The van der Waals surface area contributed by atoms with Crippen LogP contribution in [-0.2, 0) is 0 Å². The van der Waals surface area contributed by atoms with Crippen molar-refractivity contribution >= 4 is 0 Å². The number of alkyl halides is 2. The lowest BCUT2D eigenvalue weighted by Crippen LogP contribution is -2.46. The quantitative estimate of drug-likeness (QED) is 0.871. The number of benzene rings is 1. The van der Waals surface area contributed by atoms with Gasteiger partial charge in [-0.2, -0.15) is 8.78 Å². The lowest BCUT2D eigenvalue weighted by molar-refractivity contribution is -0.0498. The molecule has 3 nitrogen and oxygen atoms in total. The van der Waals surface area contributed by atoms with E-state index in [9.17, 15) is 8.78 Å². The Morgan fingerprint density at radius 1 is 1.33 bits per heavy atom. The summed E-state index contributed by atoms with van der Waals surface area (Å²) in [6.07, 6.45) is 2.41. The van der Waals surface area contributed by atoms with Gasteiger partial charge in [0.05, 0.1) is 0 Å². The van der Waals surface area contributed by atoms with E-state index in [1.165, 1.54) is 12.8 Å². The van der Waals surface area contributed by atoms with Crippen molar-refractivity contribution in [3.63, 3.8) is 0 Å². The first-order valence-electron chi connectivity index (χ1n) is 7.63. The van der Waals surface area contributed by atoms with E-state index in [1.807, 2.05) is 12.1 Å². The SMILES string of the molecule is CCN(C1CCCNC1)C(C)c1ccc(OC(F)F)cc1. The maximum Gasteiger partial charge on any atom is 0.387 e. The zero-order chi connectivity index (χ0) is 15.2. The molecular weight excluding hydrogens is 274 g/mol. The Morgan fingerprint density at radius 2 is 2.05 bits per heavy atom. The van der Waals surface area contributed by atoms with Crippen molar-refractivity contribution in [3.8, 4) is 5.75 Å². The summed E-state index contributed by atoms with van der Waals surface area (Å²) >= 11 is 0. The standard InChI is InChI=1S/C16H24F2N2O/c1-3-20(14-5-4-10-19-11-14)12(2)13-6-8-15(9-7-13)21-16(17)18/h6-9,12,14,16,19H,3-5,10-11H2,1-2H3. The molecule has 1 heterocycles. The van der Waals surface area contributed by atoms with Gasteiger partial charge in [-0.3, -0.25) is 4.90 Å². The minimum Gasteiger partial charge on any atom is -0.435 e. The summed E-state index contributed by atoms with van der Waals surface area (Å²) < 4.78 is 28.7. The number of hydrogen-bond donors (Lipinski definition) is 1. The van der Waals surface area contributed by atoms with Gasteiger partial charge in [-0.05, 0) is 50.6 Å². The summed E-state index contributed by atoms with van der Waals surface area (Å²) in [7, 11) is 0. The first kappa shape index (κ1) is 16.2. The Labute approximate surface area is 125 Å². The fourth-order valence-corrected chi connectivity index (χ4v) is 3.08. The van der Waals surface area contributed by atoms with Crippen molar-refractivity contribution in [1.29, 1.82) is 0 Å². The third-order valence-electron chi connectivity index (χ3n) is 4.19. The Morgan fingerprint density at radius 3 is 2.57 bits per heavy atom. The average Bonchev–Trinajstić information content (AvgIpc) is 2.49. The van der Waals surface area contributed by atoms with Gasteiger partial charge in [0.1, 0.15) is 5.75 Å². The Balaban J connectivity index is 2.04. The van der Waals surface area contributed by atoms with Crippen molar-refractivity contribution in [2.24, 2.45) is 0 Å². The first-order valence-corrected chi connectivity index (χ1v) is 7.63. The van der Waals surface area contributed by atoms with Gasteiger partial charge < -0.3 is 10.1 Å². The smallest absolute Gasteiger partial charge is 0.387 e. The lowest BCUT2D eigenvalue weighted by Gasteiger charge is -2.38. The van der Waals surface area contributed by atoms with Crippen LogP contribution >= 0.6 is 0 Å². The molecule has 1 aliphatic heterocycles. The van der Waals surface area contributed by atoms with Gasteiger partial charge >= 0.3 is 6.61 Å². The molecule has 0 saturated carbocycles. The maximum absolute atomic E-state index is 12.2. The van der Waals surface area contributed by atoms with Gasteiger partial charge in [0, 0.05) is 18.6 Å². The zero-order valence-electron chi connectivity index (χ0n) is 12.7. The van der Waals surface area contributed by atoms with Crippen molar-refractivity contribution < 1.29 is 13.5 Å². The summed E-state index contributed by atoms with van der Waals surface area (Å²) in [4.78, 5) is 2.47. The van der Waals surface area contributed by atoms with Crippen LogP contribution in [0.4, 0.5) is 8.78 Å². The molecule has 5 heteroatoms. The van der Waals surface area contributed by atoms with Gasteiger partial charge in [0.15, 0.2) is 0 Å². The van der Waals surface area contributed by atoms with Crippen LogP contribution in [0.2, 0.25) is 0 Å². The van der Waals surface area contributed by atoms with E-state index in [4.69, 9.17) is 0 Å². The van der Waals surface area contributed by atoms with Crippen LogP contribution in [0.1, 0.15) is 38.3 Å². The monoisotopic (exact) mass is 298 g/mol. The Kier molecular flexibility index (Phi) is 5.94. The van der Waals surface area contributed by atoms with Crippen molar-refractivity contribution in [2.45, 2.75) is 45.4 Å². The predicted molar refractivity (Wildman–Crippen MR) is 79.8 cm³/mol. The summed E-state index contributed by atoms with van der Waals surface area (Å²) in [5, 5.41) is 3.44. The highest BCUT2D eigenvalue weighted by atomic mass is 19.3. The molecule has 0 aromatic heterocycles. The van der Waals surface area contributed by atoms with E-state index in [1.54, 1.807) is 12.1 Å². The summed E-state index contributed by atoms with van der Waals surface area (Å²) in [6.45, 7) is 4.66. The van der Waals surface area contributed by atoms with E-state index in [-0.39, 0.29) is 11.8 Å². The molecule has 21 heavy (non-hydrogen) atoms. The number of likely N-dealkylation sites (N-methyl/N-ethyl adjacent to an activating group) is 1. The van der Waals surface area contributed by atoms with Gasteiger partial charge in [-0.15, -0.1) is 0 Å². The minimum absolute atomic E-state index is 0.211. The predicted octanol–water partition coefficient (Wildman–Crippen LogP) is 3.42. The molecule has 2 rings (SSSR count). The second-order valence-electron chi connectivity index (χ2n) is 5.45. The molecule has 0 aliphatic carbocycles. The highest BCUT2D eigenvalue weighted by molar-refractivity contribution is 5.29. The van der Waals surface area contributed by atoms with Gasteiger partial charge in [0.25, 0.3) is 0 Å². The molecule has 0 bridgehead atoms. The number of rotatable bonds is 6. The average molecular weight is 298 g/mol. The van der Waals surface area contributed by atoms with E-state index in [2.05, 4.69) is 28.8 Å². The highest BCUT2D eigenvalue weighted by Crippen LogP contribution is 2.26. The summed E-state index contributed by atoms with van der Waals surface area (Å²) in [5.41, 5.74) is 1.13. The molecule has 1 N–H and O–H groups in total. The molecule has 0 amide bonds. The molecule has 1 fully saturated rings. The number of ether oxygens (including phenoxy) is 1. The van der Waals surface area contributed by atoms with Crippen LogP contribution < -0.4 is 10.1 Å². The lowest BCUT2D eigenvalue weighted by atomic mass is 10.0. The molecule has 2 atom stereocenters. The largest absolute Gasteiger partial charge is 0.435 e. The van der Waals surface area contributed by atoms with Crippen LogP contribution in [0.3, 0.4) is 0 Å². The maximum atomic E-state index is 12.2. The normalized spacial score (nSPS) is 20.8. The third-order valence-corrected chi connectivity index (χ3v) is 4.19. The van der Waals surface area contributed by atoms with E-state index in [0.717, 1.165) is 25.2 Å². The zero-order valence-corrected chi connectivity index (χ0v) is 12.7. The van der Waals surface area contributed by atoms with E-state index in [0.29, 0.717) is 6.04 Å². The van der Waals surface area contributed by atoms with Gasteiger partial charge in [-0.1, -0.05) is 19.1 Å². The summed E-state index contributed by atoms with van der Waals surface area (Å²) in [5.74, 6) is 0.211. The van der Waals surface area contributed by atoms with E-state index >= 15 is 0 Å². The first-order chi connectivity index (χ1) is 10.1. The van der Waals surface area contributed by atoms with Crippen LogP contribution in [0.15, 0.2) is 24.3 Å². The second kappa shape index (κ2) is 7.71. The molecule has 0 radical (unpaired) electrons. The van der Waals surface area contributed by atoms with Crippen LogP contribution in [-0.4, -0.2) is 37.2 Å². The number of halogens is 2. The van der Waals surface area contributed by atoms with Gasteiger partial charge in [0.2, 0.25) is 0 Å². The summed E-state index contributed by atoms with van der Waals surface area (Å²) in [6, 6.07) is 7.79. The number of nitrogens with zero attached hydrogens (tertiary/aromatic N) is 1. The fourth-order valence-electron chi connectivity index (χ4n) is 3.08. The van der Waals surface area contributed by atoms with Gasteiger partial charge in [-0.25, -0.2) is 0 Å². The Bertz CT molecular complexity index is 419. The number of hydrogen-bond acceptors (Lipinski definition) is 3. The molecule has 1 aromatic rings. The van der Waals surface area contributed by atoms with Crippen molar-refractivity contribution in [1.82, 2.24) is 10.2 Å². The molecular formula is C16H24F2N2O. The van der Waals surface area contributed by atoms with Crippen LogP contribution in [0.25, 0.3) is 0 Å². The van der Waals surface area contributed by atoms with Crippen LogP contribution in [0.5, 0.6) is 5.75 Å². The third kappa shape index (κ3) is 4.38. The van der Waals surface area contributed by atoms with Crippen LogP contribution in [0, 0.1) is 0 Å². The molecule has 0 spiro atoms. The van der Waals surface area contributed by atoms with E-state index < -0.39 is 6.61 Å². The highest BCUT2D eigenvalue weighted by Gasteiger charge is 2.24. The fraction of sp³-hybridized carbons (Fsp3) is 0.625. The number of nitrogens with one attached hydrogen (secondary N) is 1. The number of piperidine rings is 1. The second-order valence-corrected chi connectivity index (χ2v) is 5.45. The van der Waals surface area contributed by atoms with Crippen molar-refractivity contribution in [2.75, 3.05) is 19.6 Å². The minimum atomic E-state index is -2.77. The van der Waals surface area contributed by atoms with Crippen molar-refractivity contribution in [3.05, 3.63) is 29.8 Å². The molecule has 1 saturated heterocycles. The Hall–Kier alpha value is -1.20.